The summed E-state index contributed by atoms with van der Waals surface area (Å²) in [7, 11) is -3.26. The molecule has 0 aromatic carbocycles. The highest BCUT2D eigenvalue weighted by atomic mass is 32.2. The van der Waals surface area contributed by atoms with E-state index in [2.05, 4.69) is 0 Å². The lowest BCUT2D eigenvalue weighted by Crippen LogP contribution is -2.39. The summed E-state index contributed by atoms with van der Waals surface area (Å²) in [5.74, 6) is 0. The van der Waals surface area contributed by atoms with Gasteiger partial charge in [0, 0.05) is 0 Å². The second-order valence-electron chi connectivity index (χ2n) is 3.22. The third-order valence-corrected chi connectivity index (χ3v) is 4.76. The fraction of sp³-hybridized carbons (Fsp3) is 1.00. The van der Waals surface area contributed by atoms with E-state index < -0.39 is 21.8 Å². The smallest absolute Gasteiger partial charge is 0.171 e. The molecule has 0 amide bonds. The van der Waals surface area contributed by atoms with Crippen molar-refractivity contribution in [3.8, 4) is 0 Å². The molecule has 1 aliphatic carbocycles. The van der Waals surface area contributed by atoms with Gasteiger partial charge in [-0.1, -0.05) is 12.8 Å². The fourth-order valence-corrected chi connectivity index (χ4v) is 3.26. The third kappa shape index (κ3) is 1.78. The van der Waals surface area contributed by atoms with Crippen LogP contribution in [0.15, 0.2) is 0 Å². The van der Waals surface area contributed by atoms with E-state index in [1.807, 2.05) is 0 Å². The number of rotatable bonds is 3. The van der Waals surface area contributed by atoms with Crippen LogP contribution in [-0.4, -0.2) is 30.8 Å². The van der Waals surface area contributed by atoms with Crippen LogP contribution in [0.4, 0.5) is 0 Å². The summed E-state index contributed by atoms with van der Waals surface area (Å²) in [6.45, 7) is -0.473. The van der Waals surface area contributed by atoms with Gasteiger partial charge in [-0.25, -0.2) is 8.42 Å². The number of hydrogen-bond donors (Lipinski definition) is 2. The Labute approximate surface area is 72.7 Å². The largest absolute Gasteiger partial charge is 0.394 e. The SMILES string of the molecule is NC(CO)S(=O)(=O)C1CCCC1. The Balaban J connectivity index is 2.70. The summed E-state index contributed by atoms with van der Waals surface area (Å²) in [5.41, 5.74) is 5.29. The molecular formula is C7H15NO3S. The van der Waals surface area contributed by atoms with Gasteiger partial charge in [-0.15, -0.1) is 0 Å². The van der Waals surface area contributed by atoms with Crippen molar-refractivity contribution in [2.24, 2.45) is 5.73 Å². The van der Waals surface area contributed by atoms with Gasteiger partial charge in [0.15, 0.2) is 9.84 Å². The van der Waals surface area contributed by atoms with Gasteiger partial charge in [0.2, 0.25) is 0 Å². The van der Waals surface area contributed by atoms with E-state index in [4.69, 9.17) is 10.8 Å². The molecule has 0 aromatic rings. The van der Waals surface area contributed by atoms with Crippen LogP contribution in [0.25, 0.3) is 0 Å². The first-order valence-corrected chi connectivity index (χ1v) is 5.79. The topological polar surface area (TPSA) is 80.4 Å². The van der Waals surface area contributed by atoms with Crippen LogP contribution < -0.4 is 5.73 Å². The quantitative estimate of drug-likeness (QED) is 0.640. The molecule has 1 fully saturated rings. The molecule has 4 nitrogen and oxygen atoms in total. The summed E-state index contributed by atoms with van der Waals surface area (Å²) >= 11 is 0. The molecule has 1 unspecified atom stereocenters. The van der Waals surface area contributed by atoms with Gasteiger partial charge in [0.05, 0.1) is 11.9 Å². The number of aliphatic hydroxyl groups is 1. The van der Waals surface area contributed by atoms with E-state index in [1.54, 1.807) is 0 Å². The maximum absolute atomic E-state index is 11.5. The number of aliphatic hydroxyl groups excluding tert-OH is 1. The first kappa shape index (κ1) is 9.95. The minimum absolute atomic E-state index is 0.306. The Morgan fingerprint density at radius 2 is 1.92 bits per heavy atom. The van der Waals surface area contributed by atoms with E-state index >= 15 is 0 Å². The van der Waals surface area contributed by atoms with Crippen LogP contribution in [0.3, 0.4) is 0 Å². The molecule has 12 heavy (non-hydrogen) atoms. The van der Waals surface area contributed by atoms with E-state index in [0.717, 1.165) is 12.8 Å². The van der Waals surface area contributed by atoms with Gasteiger partial charge >= 0.3 is 0 Å². The van der Waals surface area contributed by atoms with Crippen molar-refractivity contribution in [1.82, 2.24) is 0 Å². The number of sulfone groups is 1. The molecule has 3 N–H and O–H groups in total. The van der Waals surface area contributed by atoms with Gasteiger partial charge in [-0.05, 0) is 12.8 Å². The predicted octanol–water partition coefficient (Wildman–Crippen LogP) is -0.379. The highest BCUT2D eigenvalue weighted by Gasteiger charge is 2.33. The number of nitrogens with two attached hydrogens (primary N) is 1. The lowest BCUT2D eigenvalue weighted by Gasteiger charge is -2.15. The first-order chi connectivity index (χ1) is 5.59. The van der Waals surface area contributed by atoms with Crippen molar-refractivity contribution in [3.05, 3.63) is 0 Å². The maximum atomic E-state index is 11.5. The molecule has 72 valence electrons. The summed E-state index contributed by atoms with van der Waals surface area (Å²) < 4.78 is 23.0. The summed E-state index contributed by atoms with van der Waals surface area (Å²) in [6.07, 6.45) is 3.33. The molecule has 0 bridgehead atoms. The molecule has 0 spiro atoms. The van der Waals surface area contributed by atoms with Crippen LogP contribution in [0.2, 0.25) is 0 Å². The lowest BCUT2D eigenvalue weighted by molar-refractivity contribution is 0.291. The van der Waals surface area contributed by atoms with Crippen molar-refractivity contribution in [3.63, 3.8) is 0 Å². The van der Waals surface area contributed by atoms with E-state index in [1.165, 1.54) is 0 Å². The molecule has 1 saturated carbocycles. The van der Waals surface area contributed by atoms with Crippen LogP contribution in [0.5, 0.6) is 0 Å². The van der Waals surface area contributed by atoms with Crippen molar-refractivity contribution in [2.75, 3.05) is 6.61 Å². The molecule has 1 atom stereocenters. The summed E-state index contributed by atoms with van der Waals surface area (Å²) in [4.78, 5) is 0. The maximum Gasteiger partial charge on any atom is 0.171 e. The minimum atomic E-state index is -3.26. The monoisotopic (exact) mass is 193 g/mol. The zero-order valence-electron chi connectivity index (χ0n) is 6.94. The van der Waals surface area contributed by atoms with Gasteiger partial charge in [0.25, 0.3) is 0 Å². The van der Waals surface area contributed by atoms with E-state index in [-0.39, 0.29) is 5.25 Å². The molecule has 1 rings (SSSR count). The van der Waals surface area contributed by atoms with Gasteiger partial charge in [0.1, 0.15) is 5.37 Å². The van der Waals surface area contributed by atoms with Crippen LogP contribution in [-0.2, 0) is 9.84 Å². The minimum Gasteiger partial charge on any atom is -0.394 e. The Hall–Kier alpha value is -0.130. The average molecular weight is 193 g/mol. The second-order valence-corrected chi connectivity index (χ2v) is 5.67. The molecule has 1 aliphatic rings. The average Bonchev–Trinajstić information content (AvgIpc) is 2.55. The zero-order valence-corrected chi connectivity index (χ0v) is 7.76. The van der Waals surface area contributed by atoms with Gasteiger partial charge in [-0.3, -0.25) is 0 Å². The fourth-order valence-electron chi connectivity index (χ4n) is 1.57. The van der Waals surface area contributed by atoms with Crippen molar-refractivity contribution in [1.29, 1.82) is 0 Å². The second kappa shape index (κ2) is 3.72. The van der Waals surface area contributed by atoms with Crippen molar-refractivity contribution in [2.45, 2.75) is 36.3 Å². The van der Waals surface area contributed by atoms with Crippen LogP contribution in [0, 0.1) is 0 Å². The molecule has 0 aromatic heterocycles. The van der Waals surface area contributed by atoms with E-state index in [0.29, 0.717) is 12.8 Å². The summed E-state index contributed by atoms with van der Waals surface area (Å²) in [5, 5.41) is 7.24. The van der Waals surface area contributed by atoms with Gasteiger partial charge in [-0.2, -0.15) is 0 Å². The van der Waals surface area contributed by atoms with Gasteiger partial charge < -0.3 is 10.8 Å². The molecule has 5 heteroatoms. The first-order valence-electron chi connectivity index (χ1n) is 4.18. The molecular weight excluding hydrogens is 178 g/mol. The highest BCUT2D eigenvalue weighted by Crippen LogP contribution is 2.26. The number of hydrogen-bond acceptors (Lipinski definition) is 4. The lowest BCUT2D eigenvalue weighted by atomic mass is 10.4. The molecule has 0 aliphatic heterocycles. The normalized spacial score (nSPS) is 22.8. The molecule has 0 saturated heterocycles. The molecule has 0 radical (unpaired) electrons. The Bertz CT molecular complexity index is 231. The third-order valence-electron chi connectivity index (χ3n) is 2.37. The van der Waals surface area contributed by atoms with Crippen LogP contribution in [0.1, 0.15) is 25.7 Å². The zero-order chi connectivity index (χ0) is 9.19. The Morgan fingerprint density at radius 1 is 1.42 bits per heavy atom. The van der Waals surface area contributed by atoms with Crippen molar-refractivity contribution >= 4 is 9.84 Å². The Kier molecular flexibility index (Phi) is 3.09. The van der Waals surface area contributed by atoms with Crippen molar-refractivity contribution < 1.29 is 13.5 Å². The predicted molar refractivity (Wildman–Crippen MR) is 46.2 cm³/mol. The Morgan fingerprint density at radius 3 is 2.33 bits per heavy atom. The van der Waals surface area contributed by atoms with Crippen LogP contribution >= 0.6 is 0 Å². The standard InChI is InChI=1S/C7H15NO3S/c8-7(5-9)12(10,11)6-3-1-2-4-6/h6-7,9H,1-5,8H2. The van der Waals surface area contributed by atoms with E-state index in [9.17, 15) is 8.42 Å². The summed E-state index contributed by atoms with van der Waals surface area (Å²) in [6, 6.07) is 0. The molecule has 0 heterocycles. The highest BCUT2D eigenvalue weighted by molar-refractivity contribution is 7.92.